The molecule has 0 aliphatic carbocycles. The number of amides is 2. The molecule has 1 unspecified atom stereocenters. The SMILES string of the molecule is CCC(NC(=O)C=Cc1ccccc1OC)c1ccccc1OCC(=O)N(C)C. The van der Waals surface area contributed by atoms with Gasteiger partial charge in [-0.05, 0) is 24.6 Å². The van der Waals surface area contributed by atoms with E-state index in [4.69, 9.17) is 9.47 Å². The summed E-state index contributed by atoms with van der Waals surface area (Å²) in [7, 11) is 4.96. The average Bonchev–Trinajstić information content (AvgIpc) is 2.74. The lowest BCUT2D eigenvalue weighted by atomic mass is 10.0. The van der Waals surface area contributed by atoms with Crippen LogP contribution in [0.15, 0.2) is 54.6 Å². The second kappa shape index (κ2) is 10.9. The van der Waals surface area contributed by atoms with Gasteiger partial charge in [0.25, 0.3) is 5.91 Å². The predicted octanol–water partition coefficient (Wildman–Crippen LogP) is 3.44. The second-order valence-corrected chi connectivity index (χ2v) is 6.66. The van der Waals surface area contributed by atoms with Gasteiger partial charge in [-0.1, -0.05) is 43.3 Å². The maximum Gasteiger partial charge on any atom is 0.259 e. The Morgan fingerprint density at radius 1 is 1.07 bits per heavy atom. The summed E-state index contributed by atoms with van der Waals surface area (Å²) in [6.07, 6.45) is 3.88. The topological polar surface area (TPSA) is 67.9 Å². The Bertz CT molecular complexity index is 861. The van der Waals surface area contributed by atoms with Crippen LogP contribution in [-0.2, 0) is 9.59 Å². The zero-order valence-corrected chi connectivity index (χ0v) is 17.3. The average molecular weight is 396 g/mol. The number of carbonyl (C=O) groups excluding carboxylic acids is 2. The number of ether oxygens (including phenoxy) is 2. The van der Waals surface area contributed by atoms with Gasteiger partial charge in [-0.2, -0.15) is 0 Å². The summed E-state index contributed by atoms with van der Waals surface area (Å²) >= 11 is 0. The van der Waals surface area contributed by atoms with Crippen LogP contribution >= 0.6 is 0 Å². The molecule has 1 atom stereocenters. The van der Waals surface area contributed by atoms with Crippen LogP contribution in [0.4, 0.5) is 0 Å². The molecule has 0 aromatic heterocycles. The van der Waals surface area contributed by atoms with Gasteiger partial charge in [0, 0.05) is 31.3 Å². The Hall–Kier alpha value is -3.28. The van der Waals surface area contributed by atoms with E-state index < -0.39 is 0 Å². The molecule has 1 N–H and O–H groups in total. The van der Waals surface area contributed by atoms with E-state index >= 15 is 0 Å². The van der Waals surface area contributed by atoms with E-state index in [9.17, 15) is 9.59 Å². The maximum atomic E-state index is 12.5. The van der Waals surface area contributed by atoms with Crippen molar-refractivity contribution in [3.05, 3.63) is 65.7 Å². The molecular weight excluding hydrogens is 368 g/mol. The van der Waals surface area contributed by atoms with Crippen molar-refractivity contribution in [2.75, 3.05) is 27.8 Å². The Morgan fingerprint density at radius 3 is 2.38 bits per heavy atom. The van der Waals surface area contributed by atoms with E-state index in [1.54, 1.807) is 33.3 Å². The number of hydrogen-bond acceptors (Lipinski definition) is 4. The van der Waals surface area contributed by atoms with E-state index in [0.29, 0.717) is 17.9 Å². The highest BCUT2D eigenvalue weighted by molar-refractivity contribution is 5.92. The third kappa shape index (κ3) is 6.38. The zero-order valence-electron chi connectivity index (χ0n) is 17.3. The number of carbonyl (C=O) groups is 2. The van der Waals surface area contributed by atoms with E-state index in [0.717, 1.165) is 11.1 Å². The van der Waals surface area contributed by atoms with Crippen molar-refractivity contribution in [2.24, 2.45) is 0 Å². The summed E-state index contributed by atoms with van der Waals surface area (Å²) in [6, 6.07) is 14.7. The number of likely N-dealkylation sites (N-methyl/N-ethyl adjacent to an activating group) is 1. The first-order chi connectivity index (χ1) is 14.0. The van der Waals surface area contributed by atoms with Crippen LogP contribution in [-0.4, -0.2) is 44.5 Å². The third-order valence-electron chi connectivity index (χ3n) is 4.42. The Kier molecular flexibility index (Phi) is 8.27. The molecule has 2 rings (SSSR count). The molecule has 0 radical (unpaired) electrons. The predicted molar refractivity (Wildman–Crippen MR) is 114 cm³/mol. The number of rotatable bonds is 9. The van der Waals surface area contributed by atoms with Gasteiger partial charge in [0.15, 0.2) is 6.61 Å². The van der Waals surface area contributed by atoms with Crippen molar-refractivity contribution in [1.82, 2.24) is 10.2 Å². The molecule has 0 bridgehead atoms. The van der Waals surface area contributed by atoms with Crippen molar-refractivity contribution in [3.8, 4) is 11.5 Å². The molecule has 0 aliphatic rings. The minimum Gasteiger partial charge on any atom is -0.496 e. The molecule has 0 aliphatic heterocycles. The number of methoxy groups -OCH3 is 1. The monoisotopic (exact) mass is 396 g/mol. The van der Waals surface area contributed by atoms with Crippen LogP contribution in [0.2, 0.25) is 0 Å². The van der Waals surface area contributed by atoms with E-state index in [1.807, 2.05) is 49.4 Å². The smallest absolute Gasteiger partial charge is 0.259 e. The quantitative estimate of drug-likeness (QED) is 0.660. The summed E-state index contributed by atoms with van der Waals surface area (Å²) in [5, 5.41) is 3.00. The fraction of sp³-hybridized carbons (Fsp3) is 0.304. The van der Waals surface area contributed by atoms with Gasteiger partial charge in [0.2, 0.25) is 5.91 Å². The summed E-state index contributed by atoms with van der Waals surface area (Å²) in [6.45, 7) is 1.93. The third-order valence-corrected chi connectivity index (χ3v) is 4.42. The molecule has 2 aromatic rings. The van der Waals surface area contributed by atoms with Gasteiger partial charge in [-0.25, -0.2) is 0 Å². The van der Waals surface area contributed by atoms with Gasteiger partial charge in [0.05, 0.1) is 13.2 Å². The number of nitrogens with zero attached hydrogens (tertiary/aromatic N) is 1. The van der Waals surface area contributed by atoms with Crippen molar-refractivity contribution in [3.63, 3.8) is 0 Å². The Labute approximate surface area is 172 Å². The molecule has 29 heavy (non-hydrogen) atoms. The lowest BCUT2D eigenvalue weighted by Crippen LogP contribution is -2.29. The molecule has 2 amide bonds. The van der Waals surface area contributed by atoms with Crippen LogP contribution in [0.3, 0.4) is 0 Å². The van der Waals surface area contributed by atoms with Crippen molar-refractivity contribution >= 4 is 17.9 Å². The van der Waals surface area contributed by atoms with Gasteiger partial charge in [0.1, 0.15) is 11.5 Å². The minimum atomic E-state index is -0.240. The first-order valence-electron chi connectivity index (χ1n) is 9.49. The Balaban J connectivity index is 2.10. The normalized spacial score (nSPS) is 11.7. The number of para-hydroxylation sites is 2. The first kappa shape index (κ1) is 22.0. The van der Waals surface area contributed by atoms with Gasteiger partial charge >= 0.3 is 0 Å². The fourth-order valence-corrected chi connectivity index (χ4v) is 2.76. The second-order valence-electron chi connectivity index (χ2n) is 6.66. The molecule has 6 nitrogen and oxygen atoms in total. The van der Waals surface area contributed by atoms with Crippen molar-refractivity contribution in [2.45, 2.75) is 19.4 Å². The van der Waals surface area contributed by atoms with Crippen LogP contribution in [0.25, 0.3) is 6.08 Å². The summed E-state index contributed by atoms with van der Waals surface area (Å²) < 4.78 is 11.0. The van der Waals surface area contributed by atoms with Gasteiger partial charge < -0.3 is 19.7 Å². The maximum absolute atomic E-state index is 12.5. The molecule has 0 saturated heterocycles. The van der Waals surface area contributed by atoms with E-state index in [-0.39, 0.29) is 24.5 Å². The molecule has 2 aromatic carbocycles. The lowest BCUT2D eigenvalue weighted by Gasteiger charge is -2.20. The van der Waals surface area contributed by atoms with Crippen molar-refractivity contribution < 1.29 is 19.1 Å². The highest BCUT2D eigenvalue weighted by atomic mass is 16.5. The molecule has 0 fully saturated rings. The Morgan fingerprint density at radius 2 is 1.72 bits per heavy atom. The van der Waals surface area contributed by atoms with Crippen LogP contribution in [0.1, 0.15) is 30.5 Å². The van der Waals surface area contributed by atoms with Crippen LogP contribution in [0.5, 0.6) is 11.5 Å². The lowest BCUT2D eigenvalue weighted by molar-refractivity contribution is -0.130. The minimum absolute atomic E-state index is 0.0535. The summed E-state index contributed by atoms with van der Waals surface area (Å²) in [4.78, 5) is 25.8. The first-order valence-corrected chi connectivity index (χ1v) is 9.49. The zero-order chi connectivity index (χ0) is 21.2. The van der Waals surface area contributed by atoms with E-state index in [1.165, 1.54) is 11.0 Å². The molecule has 0 spiro atoms. The number of hydrogen-bond donors (Lipinski definition) is 1. The van der Waals surface area contributed by atoms with E-state index in [2.05, 4.69) is 5.32 Å². The van der Waals surface area contributed by atoms with Gasteiger partial charge in [-0.3, -0.25) is 9.59 Å². The molecular formula is C23H28N2O4. The summed E-state index contributed by atoms with van der Waals surface area (Å²) in [5.41, 5.74) is 1.66. The standard InChI is InChI=1S/C23H28N2O4/c1-5-19(18-11-7-9-13-21(18)29-16-23(27)25(2)3)24-22(26)15-14-17-10-6-8-12-20(17)28-4/h6-15,19H,5,16H2,1-4H3,(H,24,26). The number of nitrogens with one attached hydrogen (secondary N) is 1. The molecule has 0 heterocycles. The molecule has 154 valence electrons. The van der Waals surface area contributed by atoms with Gasteiger partial charge in [-0.15, -0.1) is 0 Å². The molecule has 0 saturated carbocycles. The highest BCUT2D eigenvalue weighted by Crippen LogP contribution is 2.27. The summed E-state index contributed by atoms with van der Waals surface area (Å²) in [5.74, 6) is 0.940. The fourth-order valence-electron chi connectivity index (χ4n) is 2.76. The molecule has 6 heteroatoms. The van der Waals surface area contributed by atoms with Crippen molar-refractivity contribution in [1.29, 1.82) is 0 Å². The highest BCUT2D eigenvalue weighted by Gasteiger charge is 2.17. The number of benzene rings is 2. The van der Waals surface area contributed by atoms with Crippen LogP contribution < -0.4 is 14.8 Å². The largest absolute Gasteiger partial charge is 0.496 e. The van der Waals surface area contributed by atoms with Crippen LogP contribution in [0, 0.1) is 0 Å².